The van der Waals surface area contributed by atoms with Crippen LogP contribution >= 0.6 is 0 Å². The summed E-state index contributed by atoms with van der Waals surface area (Å²) >= 11 is 0. The Labute approximate surface area is 131 Å². The highest BCUT2D eigenvalue weighted by Gasteiger charge is 2.19. The molecule has 1 aromatic heterocycles. The maximum atomic E-state index is 13.4. The van der Waals surface area contributed by atoms with Crippen LogP contribution in [0.15, 0.2) is 15.8 Å². The third-order valence-electron chi connectivity index (χ3n) is 3.26. The van der Waals surface area contributed by atoms with Gasteiger partial charge in [0.1, 0.15) is 0 Å². The summed E-state index contributed by atoms with van der Waals surface area (Å²) in [6.45, 7) is 2.37. The monoisotopic (exact) mass is 329 g/mol. The van der Waals surface area contributed by atoms with Crippen LogP contribution in [0.5, 0.6) is 0 Å². The van der Waals surface area contributed by atoms with Crippen molar-refractivity contribution >= 4 is 12.1 Å². The molecule has 0 spiro atoms. The number of carbonyl (C=O) groups excluding carboxylic acids is 1. The molecule has 0 atom stereocenters. The summed E-state index contributed by atoms with van der Waals surface area (Å²) in [5, 5.41) is 11.1. The molecule has 0 saturated heterocycles. The van der Waals surface area contributed by atoms with Gasteiger partial charge in [0.2, 0.25) is 5.82 Å². The molecule has 8 nitrogen and oxygen atoms in total. The Balaban J connectivity index is 2.69. The summed E-state index contributed by atoms with van der Waals surface area (Å²) in [5.74, 6) is -1.50. The summed E-state index contributed by atoms with van der Waals surface area (Å²) in [7, 11) is 0. The average Bonchev–Trinajstić information content (AvgIpc) is 2.49. The fourth-order valence-corrected chi connectivity index (χ4v) is 2.03. The van der Waals surface area contributed by atoms with E-state index in [2.05, 4.69) is 12.2 Å². The zero-order valence-electron chi connectivity index (χ0n) is 12.9. The first-order valence-electron chi connectivity index (χ1n) is 7.45. The van der Waals surface area contributed by atoms with E-state index in [1.807, 2.05) is 0 Å². The molecule has 9 heteroatoms. The smallest absolute Gasteiger partial charge is 0.422 e. The van der Waals surface area contributed by atoms with Crippen molar-refractivity contribution in [1.82, 2.24) is 14.5 Å². The van der Waals surface area contributed by atoms with Crippen LogP contribution < -0.4 is 16.6 Å². The van der Waals surface area contributed by atoms with Crippen molar-refractivity contribution in [2.75, 3.05) is 6.54 Å². The number of unbranched alkanes of at least 4 members (excludes halogenated alkanes) is 5. The van der Waals surface area contributed by atoms with Gasteiger partial charge in [-0.2, -0.15) is 8.96 Å². The molecule has 1 aromatic rings. The summed E-state index contributed by atoms with van der Waals surface area (Å²) in [6.07, 6.45) is 4.45. The summed E-state index contributed by atoms with van der Waals surface area (Å²) < 4.78 is 13.3. The molecule has 0 unspecified atom stereocenters. The molecule has 0 aliphatic carbocycles. The predicted molar refractivity (Wildman–Crippen MR) is 80.5 cm³/mol. The number of aromatic nitrogens is 2. The second-order valence-electron chi connectivity index (χ2n) is 5.05. The SMILES string of the molecule is CCCCCCCCNC(=O)n1cc(F)c(=O)n(C(=O)O)c1=O. The van der Waals surface area contributed by atoms with Gasteiger partial charge >= 0.3 is 23.4 Å². The number of nitrogens with zero attached hydrogens (tertiary/aromatic N) is 2. The quantitative estimate of drug-likeness (QED) is 0.738. The molecule has 0 aliphatic rings. The normalized spacial score (nSPS) is 10.5. The Bertz CT molecular complexity index is 680. The van der Waals surface area contributed by atoms with Gasteiger partial charge in [0.05, 0.1) is 6.20 Å². The van der Waals surface area contributed by atoms with Crippen LogP contribution in [-0.4, -0.2) is 32.9 Å². The molecule has 23 heavy (non-hydrogen) atoms. The maximum absolute atomic E-state index is 13.4. The van der Waals surface area contributed by atoms with E-state index in [0.29, 0.717) is 12.6 Å². The Morgan fingerprint density at radius 3 is 2.39 bits per heavy atom. The highest BCUT2D eigenvalue weighted by atomic mass is 19.1. The highest BCUT2D eigenvalue weighted by molar-refractivity contribution is 5.77. The summed E-state index contributed by atoms with van der Waals surface area (Å²) in [6, 6.07) is -0.975. The Kier molecular flexibility index (Phi) is 7.17. The van der Waals surface area contributed by atoms with E-state index >= 15 is 0 Å². The standard InChI is InChI=1S/C14H20FN3O5/c1-2-3-4-5-6-7-8-16-12(20)17-9-10(15)11(19)18(13(17)21)14(22)23/h9H,2-8H2,1H3,(H,16,20)(H,22,23). The van der Waals surface area contributed by atoms with Gasteiger partial charge in [0.25, 0.3) is 0 Å². The molecule has 1 rings (SSSR count). The number of halogens is 1. The van der Waals surface area contributed by atoms with Crippen molar-refractivity contribution in [1.29, 1.82) is 0 Å². The molecule has 128 valence electrons. The van der Waals surface area contributed by atoms with Gasteiger partial charge in [-0.25, -0.2) is 19.0 Å². The Hall–Kier alpha value is -2.45. The first-order valence-corrected chi connectivity index (χ1v) is 7.45. The first-order chi connectivity index (χ1) is 10.9. The Morgan fingerprint density at radius 2 is 1.78 bits per heavy atom. The minimum atomic E-state index is -1.95. The largest absolute Gasteiger partial charge is 0.464 e. The number of carboxylic acid groups (broad SMARTS) is 1. The summed E-state index contributed by atoms with van der Waals surface area (Å²) in [4.78, 5) is 45.6. The third kappa shape index (κ3) is 5.04. The molecule has 0 fully saturated rings. The van der Waals surface area contributed by atoms with Crippen LogP contribution in [0.2, 0.25) is 0 Å². The van der Waals surface area contributed by atoms with Crippen LogP contribution in [0.25, 0.3) is 0 Å². The molecule has 0 saturated carbocycles. The molecule has 1 heterocycles. The minimum absolute atomic E-state index is 0.238. The zero-order chi connectivity index (χ0) is 17.4. The number of hydrogen-bond acceptors (Lipinski definition) is 4. The number of nitrogens with one attached hydrogen (secondary N) is 1. The number of carbonyl (C=O) groups is 2. The lowest BCUT2D eigenvalue weighted by Gasteiger charge is -2.08. The van der Waals surface area contributed by atoms with Gasteiger partial charge in [-0.15, -0.1) is 0 Å². The van der Waals surface area contributed by atoms with Gasteiger partial charge in [0, 0.05) is 6.54 Å². The molecule has 0 bridgehead atoms. The van der Waals surface area contributed by atoms with Crippen LogP contribution in [0, 0.1) is 5.82 Å². The van der Waals surface area contributed by atoms with Crippen molar-refractivity contribution in [2.24, 2.45) is 0 Å². The molecule has 1 amide bonds. The molecule has 0 aromatic carbocycles. The average molecular weight is 329 g/mol. The lowest BCUT2D eigenvalue weighted by atomic mass is 10.1. The fraction of sp³-hybridized carbons (Fsp3) is 0.571. The van der Waals surface area contributed by atoms with Crippen LogP contribution in [0.3, 0.4) is 0 Å². The van der Waals surface area contributed by atoms with Crippen LogP contribution in [-0.2, 0) is 0 Å². The van der Waals surface area contributed by atoms with Crippen molar-refractivity contribution < 1.29 is 19.1 Å². The Morgan fingerprint density at radius 1 is 1.17 bits per heavy atom. The second-order valence-corrected chi connectivity index (χ2v) is 5.05. The molecular weight excluding hydrogens is 309 g/mol. The van der Waals surface area contributed by atoms with Crippen molar-refractivity contribution in [3.8, 4) is 0 Å². The van der Waals surface area contributed by atoms with E-state index in [-0.39, 0.29) is 15.7 Å². The van der Waals surface area contributed by atoms with Crippen LogP contribution in [0.1, 0.15) is 45.4 Å². The molecule has 0 aliphatic heterocycles. The van der Waals surface area contributed by atoms with Gasteiger partial charge < -0.3 is 10.4 Å². The third-order valence-corrected chi connectivity index (χ3v) is 3.26. The van der Waals surface area contributed by atoms with E-state index in [4.69, 9.17) is 5.11 Å². The number of amides is 1. The van der Waals surface area contributed by atoms with Crippen molar-refractivity contribution in [3.05, 3.63) is 32.9 Å². The first kappa shape index (κ1) is 18.6. The van der Waals surface area contributed by atoms with Crippen LogP contribution in [0.4, 0.5) is 14.0 Å². The van der Waals surface area contributed by atoms with E-state index in [1.165, 1.54) is 0 Å². The van der Waals surface area contributed by atoms with Gasteiger partial charge in [-0.1, -0.05) is 39.0 Å². The number of hydrogen-bond donors (Lipinski definition) is 2. The highest BCUT2D eigenvalue weighted by Crippen LogP contribution is 2.04. The van der Waals surface area contributed by atoms with Gasteiger partial charge in [-0.05, 0) is 6.42 Å². The van der Waals surface area contributed by atoms with Gasteiger partial charge in [0.15, 0.2) is 0 Å². The molecule has 0 radical (unpaired) electrons. The van der Waals surface area contributed by atoms with E-state index in [9.17, 15) is 23.6 Å². The van der Waals surface area contributed by atoms with Gasteiger partial charge in [-0.3, -0.25) is 4.79 Å². The van der Waals surface area contributed by atoms with Crippen molar-refractivity contribution in [3.63, 3.8) is 0 Å². The topological polar surface area (TPSA) is 110 Å². The zero-order valence-corrected chi connectivity index (χ0v) is 12.9. The number of rotatable bonds is 7. The van der Waals surface area contributed by atoms with Crippen molar-refractivity contribution in [2.45, 2.75) is 45.4 Å². The summed E-state index contributed by atoms with van der Waals surface area (Å²) in [5.41, 5.74) is -3.04. The lowest BCUT2D eigenvalue weighted by Crippen LogP contribution is -2.48. The van der Waals surface area contributed by atoms with E-state index < -0.39 is 29.2 Å². The predicted octanol–water partition coefficient (Wildman–Crippen LogP) is 1.59. The van der Waals surface area contributed by atoms with E-state index in [1.54, 1.807) is 0 Å². The molecular formula is C14H20FN3O5. The second kappa shape index (κ2) is 8.86. The lowest BCUT2D eigenvalue weighted by molar-refractivity contribution is 0.192. The molecule has 2 N–H and O–H groups in total. The minimum Gasteiger partial charge on any atom is -0.464 e. The fourth-order valence-electron chi connectivity index (χ4n) is 2.03. The maximum Gasteiger partial charge on any atom is 0.422 e. The van der Waals surface area contributed by atoms with E-state index in [0.717, 1.165) is 32.1 Å².